The van der Waals surface area contributed by atoms with Crippen molar-refractivity contribution in [3.8, 4) is 0 Å². The van der Waals surface area contributed by atoms with Gasteiger partial charge in [0.1, 0.15) is 23.7 Å². The molecule has 0 spiro atoms. The molecule has 4 atom stereocenters. The van der Waals surface area contributed by atoms with Gasteiger partial charge in [-0.1, -0.05) is 6.08 Å². The number of aliphatic hydroxyl groups is 2. The summed E-state index contributed by atoms with van der Waals surface area (Å²) in [4.78, 5) is 8.44. The second-order valence-electron chi connectivity index (χ2n) is 7.63. The quantitative estimate of drug-likeness (QED) is 0.756. The molecule has 0 radical (unpaired) electrons. The topological polar surface area (TPSA) is 82.1 Å². The van der Waals surface area contributed by atoms with Crippen LogP contribution >= 0.6 is 11.3 Å². The fourth-order valence-corrected chi connectivity index (χ4v) is 5.25. The summed E-state index contributed by atoms with van der Waals surface area (Å²) in [5, 5.41) is 20.6. The number of halogens is 1. The summed E-state index contributed by atoms with van der Waals surface area (Å²) in [6.07, 6.45) is 3.77. The summed E-state index contributed by atoms with van der Waals surface area (Å²) >= 11 is 1.58. The zero-order chi connectivity index (χ0) is 18.6. The molecular weight excluding hydrogens is 353 g/mol. The molecule has 1 aromatic heterocycles. The lowest BCUT2D eigenvalue weighted by Gasteiger charge is -2.45. The maximum absolute atomic E-state index is 13.4. The van der Waals surface area contributed by atoms with Crippen molar-refractivity contribution in [1.29, 1.82) is 0 Å². The van der Waals surface area contributed by atoms with E-state index in [0.29, 0.717) is 11.9 Å². The predicted molar refractivity (Wildman–Crippen MR) is 101 cm³/mol. The molecule has 2 heterocycles. The molecule has 7 heteroatoms. The van der Waals surface area contributed by atoms with E-state index in [4.69, 9.17) is 10.7 Å². The summed E-state index contributed by atoms with van der Waals surface area (Å²) < 4.78 is 13.4. The van der Waals surface area contributed by atoms with Crippen LogP contribution in [-0.4, -0.2) is 40.5 Å². The highest BCUT2D eigenvalue weighted by molar-refractivity contribution is 7.13. The molecule has 2 unspecified atom stereocenters. The van der Waals surface area contributed by atoms with E-state index < -0.39 is 23.7 Å². The van der Waals surface area contributed by atoms with Crippen molar-refractivity contribution in [2.24, 2.45) is 22.6 Å². The number of aliphatic imine (C=N–C) groups is 1. The van der Waals surface area contributed by atoms with Gasteiger partial charge in [-0.15, -0.1) is 11.3 Å². The predicted octanol–water partition coefficient (Wildman–Crippen LogP) is 2.57. The Morgan fingerprint density at radius 1 is 1.31 bits per heavy atom. The summed E-state index contributed by atoms with van der Waals surface area (Å²) in [5.74, 6) is 0.258. The molecule has 4 N–H and O–H groups in total. The van der Waals surface area contributed by atoms with Crippen molar-refractivity contribution >= 4 is 22.9 Å². The van der Waals surface area contributed by atoms with Gasteiger partial charge in [0.15, 0.2) is 5.96 Å². The van der Waals surface area contributed by atoms with E-state index in [1.165, 1.54) is 6.08 Å². The number of nitrogens with two attached hydrogens (primary N) is 1. The first-order valence-electron chi connectivity index (χ1n) is 8.92. The number of rotatable bonds is 3. The van der Waals surface area contributed by atoms with Gasteiger partial charge in [-0.3, -0.25) is 0 Å². The number of allylic oxidation sites excluding steroid dienone is 2. The van der Waals surface area contributed by atoms with Gasteiger partial charge in [0.05, 0.1) is 0 Å². The van der Waals surface area contributed by atoms with E-state index in [2.05, 4.69) is 0 Å². The smallest absolute Gasteiger partial charge is 0.193 e. The largest absolute Gasteiger partial charge is 0.386 e. The first kappa shape index (κ1) is 17.7. The Bertz CT molecular complexity index is 813. The highest BCUT2D eigenvalue weighted by Gasteiger charge is 2.53. The van der Waals surface area contributed by atoms with E-state index in [1.54, 1.807) is 29.4 Å². The Kier molecular flexibility index (Phi) is 4.21. The maximum Gasteiger partial charge on any atom is 0.193 e. The van der Waals surface area contributed by atoms with Gasteiger partial charge in [-0.05, 0) is 49.5 Å². The van der Waals surface area contributed by atoms with Crippen molar-refractivity contribution in [2.75, 3.05) is 7.05 Å². The van der Waals surface area contributed by atoms with E-state index in [-0.39, 0.29) is 12.3 Å². The van der Waals surface area contributed by atoms with E-state index in [9.17, 15) is 14.6 Å². The van der Waals surface area contributed by atoms with Crippen LogP contribution in [0.15, 0.2) is 35.1 Å². The zero-order valence-electron chi connectivity index (χ0n) is 14.9. The van der Waals surface area contributed by atoms with Gasteiger partial charge in [0.25, 0.3) is 0 Å². The van der Waals surface area contributed by atoms with Crippen LogP contribution in [0.3, 0.4) is 0 Å². The number of thiophene rings is 1. The molecule has 0 aromatic carbocycles. The number of guanidine groups is 1. The second-order valence-corrected chi connectivity index (χ2v) is 8.72. The number of aliphatic hydroxyl groups excluding tert-OH is 2. The number of hydrogen-bond donors (Lipinski definition) is 3. The average Bonchev–Trinajstić information content (AvgIpc) is 3.29. The number of hydrogen-bond acceptors (Lipinski definition) is 6. The monoisotopic (exact) mass is 377 g/mol. The van der Waals surface area contributed by atoms with Crippen LogP contribution in [0.2, 0.25) is 0 Å². The lowest BCUT2D eigenvalue weighted by atomic mass is 9.78. The molecule has 5 nitrogen and oxygen atoms in total. The Morgan fingerprint density at radius 3 is 2.69 bits per heavy atom. The highest BCUT2D eigenvalue weighted by atomic mass is 32.1. The van der Waals surface area contributed by atoms with Gasteiger partial charge in [0.2, 0.25) is 0 Å². The minimum Gasteiger partial charge on any atom is -0.386 e. The van der Waals surface area contributed by atoms with Gasteiger partial charge >= 0.3 is 0 Å². The normalized spacial score (nSPS) is 35.0. The van der Waals surface area contributed by atoms with Crippen LogP contribution in [0.25, 0.3) is 5.57 Å². The van der Waals surface area contributed by atoms with Crippen LogP contribution in [0, 0.1) is 11.8 Å². The maximum atomic E-state index is 13.4. The van der Waals surface area contributed by atoms with Crippen molar-refractivity contribution in [1.82, 2.24) is 4.90 Å². The molecule has 0 saturated heterocycles. The van der Waals surface area contributed by atoms with Gasteiger partial charge in [0, 0.05) is 29.1 Å². The molecule has 4 rings (SSSR count). The zero-order valence-corrected chi connectivity index (χ0v) is 15.7. The molecule has 0 bridgehead atoms. The minimum atomic E-state index is -1.07. The molecule has 1 fully saturated rings. The third kappa shape index (κ3) is 2.78. The Morgan fingerprint density at radius 2 is 2.04 bits per heavy atom. The fraction of sp³-hybridized carbons (Fsp3) is 0.526. The standard InChI is InChI=1S/C19H24FN3O2S/c1-19(16(10-3-4-10)17(25)23(2)18(21)22-19)15-8-7-14(26-15)11-5-6-12(20)13(24)9-11/h5-8,10,13,16-17,24-25H,3-4,9H2,1-2H3,(H2,21,22)/t13?,16-,17?,19+/m0/s1. The van der Waals surface area contributed by atoms with E-state index in [1.807, 2.05) is 19.1 Å². The fourth-order valence-electron chi connectivity index (χ4n) is 4.07. The molecule has 1 saturated carbocycles. The highest BCUT2D eigenvalue weighted by Crippen LogP contribution is 2.53. The van der Waals surface area contributed by atoms with Crippen molar-refractivity contribution < 1.29 is 14.6 Å². The first-order valence-corrected chi connectivity index (χ1v) is 9.74. The molecule has 3 aliphatic rings. The lowest BCUT2D eigenvalue weighted by Crippen LogP contribution is -2.56. The van der Waals surface area contributed by atoms with Crippen molar-refractivity contribution in [3.05, 3.63) is 39.9 Å². The van der Waals surface area contributed by atoms with Gasteiger partial charge in [-0.25, -0.2) is 9.38 Å². The van der Waals surface area contributed by atoms with Crippen LogP contribution in [0.1, 0.15) is 35.9 Å². The van der Waals surface area contributed by atoms with Crippen LogP contribution in [0.5, 0.6) is 0 Å². The molecule has 2 aliphatic carbocycles. The van der Waals surface area contributed by atoms with Crippen molar-refractivity contribution in [2.45, 2.75) is 44.1 Å². The third-order valence-corrected chi connectivity index (χ3v) is 7.19. The Labute approximate surface area is 156 Å². The summed E-state index contributed by atoms with van der Waals surface area (Å²) in [5.41, 5.74) is 6.40. The van der Waals surface area contributed by atoms with Crippen LogP contribution < -0.4 is 5.73 Å². The lowest BCUT2D eigenvalue weighted by molar-refractivity contribution is -0.0382. The summed E-state index contributed by atoms with van der Waals surface area (Å²) in [7, 11) is 1.77. The average molecular weight is 377 g/mol. The van der Waals surface area contributed by atoms with Crippen molar-refractivity contribution in [3.63, 3.8) is 0 Å². The first-order chi connectivity index (χ1) is 12.3. The molecule has 0 amide bonds. The van der Waals surface area contributed by atoms with Gasteiger partial charge < -0.3 is 20.8 Å². The van der Waals surface area contributed by atoms with E-state index >= 15 is 0 Å². The summed E-state index contributed by atoms with van der Waals surface area (Å²) in [6, 6.07) is 4.01. The Hall–Kier alpha value is -1.70. The van der Waals surface area contributed by atoms with E-state index in [0.717, 1.165) is 28.2 Å². The van der Waals surface area contributed by atoms with Crippen LogP contribution in [0.4, 0.5) is 4.39 Å². The summed E-state index contributed by atoms with van der Waals surface area (Å²) in [6.45, 7) is 2.04. The minimum absolute atomic E-state index is 0.0189. The van der Waals surface area contributed by atoms with Crippen LogP contribution in [-0.2, 0) is 5.54 Å². The SMILES string of the molecule is CN1C(N)=N[C@](C)(c2ccc(C3=CC=C(F)C(O)C3)s2)[C@@H](C2CC2)C1O. The third-order valence-electron chi connectivity index (χ3n) is 5.80. The van der Waals surface area contributed by atoms with Gasteiger partial charge in [-0.2, -0.15) is 0 Å². The second kappa shape index (κ2) is 6.18. The molecule has 1 aromatic rings. The molecule has 26 heavy (non-hydrogen) atoms. The molecule has 1 aliphatic heterocycles. The Balaban J connectivity index is 1.71. The molecule has 140 valence electrons. The molecular formula is C19H24FN3O2S. The number of nitrogens with zero attached hydrogens (tertiary/aromatic N) is 2.